The zero-order valence-electron chi connectivity index (χ0n) is 25.8. The Bertz CT molecular complexity index is 1810. The van der Waals surface area contributed by atoms with Crippen LogP contribution < -0.4 is 21.5 Å². The lowest BCUT2D eigenvalue weighted by atomic mass is 9.84. The number of benzene rings is 2. The number of carbonyl (C=O) groups excluding carboxylic acids is 3. The maximum Gasteiger partial charge on any atom is 0.410 e. The number of nitrogens with one attached hydrogen (secondary N) is 1. The third-order valence-corrected chi connectivity index (χ3v) is 8.83. The van der Waals surface area contributed by atoms with Crippen LogP contribution >= 0.6 is 0 Å². The maximum absolute atomic E-state index is 13.2. The lowest BCUT2D eigenvalue weighted by Gasteiger charge is -2.38. The van der Waals surface area contributed by atoms with Crippen molar-refractivity contribution in [3.8, 4) is 5.69 Å². The van der Waals surface area contributed by atoms with Gasteiger partial charge in [-0.25, -0.2) is 9.78 Å². The van der Waals surface area contributed by atoms with Gasteiger partial charge in [0.05, 0.1) is 11.4 Å². The summed E-state index contributed by atoms with van der Waals surface area (Å²) in [5.74, 6) is -0.367. The Labute approximate surface area is 266 Å². The molecule has 1 aliphatic heterocycles. The number of primary amides is 1. The van der Waals surface area contributed by atoms with Crippen LogP contribution in [0.2, 0.25) is 0 Å². The van der Waals surface area contributed by atoms with Gasteiger partial charge in [-0.1, -0.05) is 36.8 Å². The van der Waals surface area contributed by atoms with Crippen molar-refractivity contribution in [2.75, 3.05) is 31.1 Å². The predicted molar refractivity (Wildman–Crippen MR) is 173 cm³/mol. The van der Waals surface area contributed by atoms with E-state index in [0.29, 0.717) is 74.1 Å². The van der Waals surface area contributed by atoms with Crippen LogP contribution in [0.4, 0.5) is 10.7 Å². The SMILES string of the molecule is Cc1nc(N2CCN(C(=O)OC3(C(N)=O)CCCCC3)CC2)nc2c1ccc(=O)n2-c1ccc(C(=O)NCc2ccccc2)cc1. The topological polar surface area (TPSA) is 153 Å². The van der Waals surface area contributed by atoms with Crippen LogP contribution in [0.15, 0.2) is 71.5 Å². The quantitative estimate of drug-likeness (QED) is 0.318. The molecule has 3 N–H and O–H groups in total. The van der Waals surface area contributed by atoms with Gasteiger partial charge in [-0.2, -0.15) is 4.98 Å². The minimum absolute atomic E-state index is 0.215. The summed E-state index contributed by atoms with van der Waals surface area (Å²) in [5, 5.41) is 3.64. The highest BCUT2D eigenvalue weighted by Gasteiger charge is 2.43. The summed E-state index contributed by atoms with van der Waals surface area (Å²) in [6.07, 6.45) is 2.93. The van der Waals surface area contributed by atoms with E-state index in [9.17, 15) is 19.2 Å². The Kier molecular flexibility index (Phi) is 8.69. The minimum Gasteiger partial charge on any atom is -0.433 e. The van der Waals surface area contributed by atoms with Crippen LogP contribution in [-0.2, 0) is 16.1 Å². The average Bonchev–Trinajstić information content (AvgIpc) is 3.08. The van der Waals surface area contributed by atoms with Crippen molar-refractivity contribution < 1.29 is 19.1 Å². The zero-order chi connectivity index (χ0) is 32.3. The van der Waals surface area contributed by atoms with Crippen LogP contribution in [0.5, 0.6) is 0 Å². The molecule has 2 aliphatic rings. The van der Waals surface area contributed by atoms with Gasteiger partial charge in [-0.15, -0.1) is 0 Å². The molecule has 2 fully saturated rings. The van der Waals surface area contributed by atoms with Crippen LogP contribution in [0.1, 0.15) is 53.7 Å². The predicted octanol–water partition coefficient (Wildman–Crippen LogP) is 3.47. The van der Waals surface area contributed by atoms with E-state index < -0.39 is 17.6 Å². The van der Waals surface area contributed by atoms with Crippen molar-refractivity contribution in [2.24, 2.45) is 5.73 Å². The van der Waals surface area contributed by atoms with E-state index in [1.807, 2.05) is 42.2 Å². The second kappa shape index (κ2) is 13.0. The van der Waals surface area contributed by atoms with E-state index in [2.05, 4.69) is 5.32 Å². The Morgan fingerprint density at radius 1 is 0.891 bits per heavy atom. The number of nitrogens with zero attached hydrogens (tertiary/aromatic N) is 5. The monoisotopic (exact) mass is 623 g/mol. The largest absolute Gasteiger partial charge is 0.433 e. The molecule has 3 amide bonds. The molecule has 1 aliphatic carbocycles. The Hall–Kier alpha value is -5.26. The van der Waals surface area contributed by atoms with E-state index in [0.717, 1.165) is 30.2 Å². The summed E-state index contributed by atoms with van der Waals surface area (Å²) in [6.45, 7) is 3.85. The van der Waals surface area contributed by atoms with Gasteiger partial charge < -0.3 is 25.6 Å². The molecule has 238 valence electrons. The number of hydrogen-bond donors (Lipinski definition) is 2. The van der Waals surface area contributed by atoms with Crippen LogP contribution in [0.25, 0.3) is 16.7 Å². The summed E-state index contributed by atoms with van der Waals surface area (Å²) >= 11 is 0. The first kappa shape index (κ1) is 30.8. The van der Waals surface area contributed by atoms with Crippen LogP contribution in [0, 0.1) is 6.92 Å². The van der Waals surface area contributed by atoms with Gasteiger partial charge in [-0.05, 0) is 68.5 Å². The molecule has 0 bridgehead atoms. The molecule has 2 aromatic carbocycles. The number of anilines is 1. The van der Waals surface area contributed by atoms with Gasteiger partial charge in [0.15, 0.2) is 11.2 Å². The maximum atomic E-state index is 13.2. The highest BCUT2D eigenvalue weighted by Crippen LogP contribution is 2.32. The number of ether oxygens (including phenoxy) is 1. The molecular weight excluding hydrogens is 586 g/mol. The van der Waals surface area contributed by atoms with Gasteiger partial charge >= 0.3 is 6.09 Å². The molecule has 0 atom stereocenters. The fraction of sp³-hybridized carbons (Fsp3) is 0.353. The van der Waals surface area contributed by atoms with Crippen molar-refractivity contribution >= 4 is 34.9 Å². The van der Waals surface area contributed by atoms with Crippen molar-refractivity contribution in [1.29, 1.82) is 0 Å². The van der Waals surface area contributed by atoms with Crippen LogP contribution in [0.3, 0.4) is 0 Å². The number of nitrogens with two attached hydrogens (primary N) is 1. The van der Waals surface area contributed by atoms with E-state index in [-0.39, 0.29) is 11.5 Å². The van der Waals surface area contributed by atoms with Gasteiger partial charge in [0.1, 0.15) is 0 Å². The smallest absolute Gasteiger partial charge is 0.410 e. The Morgan fingerprint density at radius 2 is 1.59 bits per heavy atom. The molecule has 2 aromatic heterocycles. The number of aryl methyl sites for hydroxylation is 1. The average molecular weight is 624 g/mol. The summed E-state index contributed by atoms with van der Waals surface area (Å²) in [6, 6.07) is 19.7. The molecule has 4 aromatic rings. The molecule has 46 heavy (non-hydrogen) atoms. The highest BCUT2D eigenvalue weighted by molar-refractivity contribution is 5.94. The van der Waals surface area contributed by atoms with Crippen molar-refractivity contribution in [2.45, 2.75) is 51.2 Å². The molecule has 0 radical (unpaired) electrons. The van der Waals surface area contributed by atoms with E-state index >= 15 is 0 Å². The third-order valence-electron chi connectivity index (χ3n) is 8.83. The van der Waals surface area contributed by atoms with Crippen LogP contribution in [-0.4, -0.2) is 69.1 Å². The van der Waals surface area contributed by atoms with Crippen molar-refractivity contribution in [3.63, 3.8) is 0 Å². The number of rotatable bonds is 7. The molecule has 12 heteroatoms. The molecule has 1 saturated heterocycles. The standard InChI is InChI=1S/C34H37N7O5/c1-23-27-14-15-28(42)41(26-12-10-25(11-13-26)30(43)36-22-24-8-4-2-5-9-24)29(27)38-32(37-23)39-18-20-40(21-19-39)33(45)46-34(31(35)44)16-6-3-7-17-34/h2,4-5,8-15H,3,6-7,16-22H2,1H3,(H2,35,44)(H,36,43). The number of carbonyl (C=O) groups is 3. The first-order chi connectivity index (χ1) is 22.2. The summed E-state index contributed by atoms with van der Waals surface area (Å²) in [4.78, 5) is 64.3. The molecular formula is C34H37N7O5. The summed E-state index contributed by atoms with van der Waals surface area (Å²) in [7, 11) is 0. The number of aromatic nitrogens is 3. The Balaban J connectivity index is 1.18. The minimum atomic E-state index is -1.24. The fourth-order valence-corrected chi connectivity index (χ4v) is 6.13. The number of pyridine rings is 1. The first-order valence-corrected chi connectivity index (χ1v) is 15.6. The Morgan fingerprint density at radius 3 is 2.26 bits per heavy atom. The lowest BCUT2D eigenvalue weighted by molar-refractivity contribution is -0.141. The molecule has 0 spiro atoms. The summed E-state index contributed by atoms with van der Waals surface area (Å²) < 4.78 is 7.25. The number of hydrogen-bond acceptors (Lipinski definition) is 8. The first-order valence-electron chi connectivity index (χ1n) is 15.6. The second-order valence-electron chi connectivity index (χ2n) is 11.8. The normalized spacial score (nSPS) is 16.2. The number of amides is 3. The highest BCUT2D eigenvalue weighted by atomic mass is 16.6. The zero-order valence-corrected chi connectivity index (χ0v) is 25.8. The lowest BCUT2D eigenvalue weighted by Crippen LogP contribution is -2.54. The summed E-state index contributed by atoms with van der Waals surface area (Å²) in [5.41, 5.74) is 7.33. The molecule has 3 heterocycles. The third kappa shape index (κ3) is 6.28. The van der Waals surface area contributed by atoms with E-state index in [1.54, 1.807) is 35.2 Å². The van der Waals surface area contributed by atoms with E-state index in [4.69, 9.17) is 20.4 Å². The van der Waals surface area contributed by atoms with Crippen molar-refractivity contribution in [3.05, 3.63) is 93.9 Å². The number of fused-ring (bicyclic) bond motifs is 1. The van der Waals surface area contributed by atoms with Crippen molar-refractivity contribution in [1.82, 2.24) is 24.8 Å². The van der Waals surface area contributed by atoms with Gasteiger partial charge in [-0.3, -0.25) is 19.0 Å². The molecule has 0 unspecified atom stereocenters. The van der Waals surface area contributed by atoms with Gasteiger partial charge in [0.2, 0.25) is 5.95 Å². The van der Waals surface area contributed by atoms with Gasteiger partial charge in [0.25, 0.3) is 17.4 Å². The second-order valence-corrected chi connectivity index (χ2v) is 11.8. The van der Waals surface area contributed by atoms with Gasteiger partial charge in [0, 0.05) is 49.7 Å². The molecule has 6 rings (SSSR count). The molecule has 1 saturated carbocycles. The van der Waals surface area contributed by atoms with E-state index in [1.165, 1.54) is 10.6 Å². The number of piperazine rings is 1. The fourth-order valence-electron chi connectivity index (χ4n) is 6.13. The molecule has 12 nitrogen and oxygen atoms in total.